The summed E-state index contributed by atoms with van der Waals surface area (Å²) < 4.78 is 5.52. The normalized spacial score (nSPS) is 21.6. The highest BCUT2D eigenvalue weighted by atomic mass is 16.5. The van der Waals surface area contributed by atoms with Crippen molar-refractivity contribution in [1.29, 1.82) is 5.41 Å². The van der Waals surface area contributed by atoms with Crippen molar-refractivity contribution in [3.8, 4) is 0 Å². The molecule has 0 radical (unpaired) electrons. The van der Waals surface area contributed by atoms with E-state index in [0.29, 0.717) is 55.3 Å². The van der Waals surface area contributed by atoms with Crippen LogP contribution in [-0.2, 0) is 9.53 Å². The SMILES string of the molecule is CC1CN(C(=N)c2cnc(NC3CCCCC3)nc2NC=O)CCO1. The zero-order valence-corrected chi connectivity index (χ0v) is 14.6. The van der Waals surface area contributed by atoms with Crippen LogP contribution in [0.5, 0.6) is 0 Å². The van der Waals surface area contributed by atoms with Crippen molar-refractivity contribution in [2.45, 2.75) is 51.2 Å². The smallest absolute Gasteiger partial charge is 0.224 e. The molecule has 2 fully saturated rings. The molecule has 0 spiro atoms. The van der Waals surface area contributed by atoms with Gasteiger partial charge in [0.1, 0.15) is 11.7 Å². The van der Waals surface area contributed by atoms with Crippen LogP contribution in [0, 0.1) is 5.41 Å². The van der Waals surface area contributed by atoms with E-state index in [9.17, 15) is 4.79 Å². The van der Waals surface area contributed by atoms with Gasteiger partial charge in [0.15, 0.2) is 0 Å². The Hall–Kier alpha value is -2.22. The van der Waals surface area contributed by atoms with Gasteiger partial charge in [-0.15, -0.1) is 0 Å². The van der Waals surface area contributed by atoms with Crippen molar-refractivity contribution in [2.75, 3.05) is 30.3 Å². The van der Waals surface area contributed by atoms with Gasteiger partial charge in [0.25, 0.3) is 0 Å². The fraction of sp³-hybridized carbons (Fsp3) is 0.647. The number of anilines is 2. The van der Waals surface area contributed by atoms with E-state index in [2.05, 4.69) is 20.6 Å². The van der Waals surface area contributed by atoms with Crippen LogP contribution in [0.2, 0.25) is 0 Å². The molecule has 1 aromatic heterocycles. The molecule has 2 aliphatic rings. The number of rotatable bonds is 5. The Bertz CT molecular complexity index is 617. The van der Waals surface area contributed by atoms with Crippen molar-refractivity contribution >= 4 is 24.0 Å². The zero-order chi connectivity index (χ0) is 17.6. The highest BCUT2D eigenvalue weighted by molar-refractivity contribution is 6.01. The molecule has 0 aromatic carbocycles. The van der Waals surface area contributed by atoms with Crippen molar-refractivity contribution in [3.63, 3.8) is 0 Å². The summed E-state index contributed by atoms with van der Waals surface area (Å²) in [5.74, 6) is 1.18. The third-order valence-corrected chi connectivity index (χ3v) is 4.74. The van der Waals surface area contributed by atoms with Crippen molar-refractivity contribution < 1.29 is 9.53 Å². The number of hydrogen-bond donors (Lipinski definition) is 3. The summed E-state index contributed by atoms with van der Waals surface area (Å²) in [6.45, 7) is 3.85. The van der Waals surface area contributed by atoms with E-state index in [0.717, 1.165) is 12.8 Å². The fourth-order valence-corrected chi connectivity index (χ4v) is 3.41. The van der Waals surface area contributed by atoms with Crippen LogP contribution in [0.4, 0.5) is 11.8 Å². The standard InChI is InChI=1S/C17H26N6O2/c1-12-10-23(7-8-25-12)15(18)14-9-19-17(22-16(14)20-11-24)21-13-5-3-2-4-6-13/h9,11-13,18H,2-8,10H2,1H3,(H2,19,20,21,22,24). The van der Waals surface area contributed by atoms with Crippen LogP contribution in [0.1, 0.15) is 44.6 Å². The number of amides is 1. The summed E-state index contributed by atoms with van der Waals surface area (Å²) in [7, 11) is 0. The lowest BCUT2D eigenvalue weighted by molar-refractivity contribution is -0.105. The number of aromatic nitrogens is 2. The van der Waals surface area contributed by atoms with Gasteiger partial charge in [0.2, 0.25) is 12.4 Å². The van der Waals surface area contributed by atoms with Crippen LogP contribution in [0.3, 0.4) is 0 Å². The summed E-state index contributed by atoms with van der Waals surface area (Å²) >= 11 is 0. The number of carbonyl (C=O) groups excluding carboxylic acids is 1. The van der Waals surface area contributed by atoms with E-state index < -0.39 is 0 Å². The van der Waals surface area contributed by atoms with Gasteiger partial charge in [-0.1, -0.05) is 19.3 Å². The van der Waals surface area contributed by atoms with E-state index in [1.165, 1.54) is 19.3 Å². The van der Waals surface area contributed by atoms with Crippen molar-refractivity contribution in [1.82, 2.24) is 14.9 Å². The lowest BCUT2D eigenvalue weighted by Gasteiger charge is -2.33. The molecular formula is C17H26N6O2. The van der Waals surface area contributed by atoms with Gasteiger partial charge in [-0.25, -0.2) is 4.98 Å². The van der Waals surface area contributed by atoms with Crippen molar-refractivity contribution in [3.05, 3.63) is 11.8 Å². The van der Waals surface area contributed by atoms with Crippen LogP contribution >= 0.6 is 0 Å². The molecule has 1 aliphatic heterocycles. The monoisotopic (exact) mass is 346 g/mol. The van der Waals surface area contributed by atoms with Crippen LogP contribution in [-0.4, -0.2) is 59.0 Å². The van der Waals surface area contributed by atoms with E-state index >= 15 is 0 Å². The van der Waals surface area contributed by atoms with Crippen LogP contribution in [0.25, 0.3) is 0 Å². The summed E-state index contributed by atoms with van der Waals surface area (Å²) in [6.07, 6.45) is 8.23. The number of morpholine rings is 1. The summed E-state index contributed by atoms with van der Waals surface area (Å²) in [5.41, 5.74) is 0.524. The minimum absolute atomic E-state index is 0.0738. The maximum atomic E-state index is 11.0. The second-order valence-corrected chi connectivity index (χ2v) is 6.67. The molecule has 25 heavy (non-hydrogen) atoms. The fourth-order valence-electron chi connectivity index (χ4n) is 3.41. The third kappa shape index (κ3) is 4.45. The minimum atomic E-state index is 0.0738. The highest BCUT2D eigenvalue weighted by Crippen LogP contribution is 2.22. The third-order valence-electron chi connectivity index (χ3n) is 4.74. The Morgan fingerprint density at radius 3 is 2.92 bits per heavy atom. The first kappa shape index (κ1) is 17.6. The minimum Gasteiger partial charge on any atom is -0.375 e. The Labute approximate surface area is 147 Å². The number of nitrogens with zero attached hydrogens (tertiary/aromatic N) is 3. The molecule has 8 nitrogen and oxygen atoms in total. The summed E-state index contributed by atoms with van der Waals surface area (Å²) in [4.78, 5) is 21.7. The molecule has 1 saturated heterocycles. The summed E-state index contributed by atoms with van der Waals surface area (Å²) in [5, 5.41) is 14.4. The van der Waals surface area contributed by atoms with Gasteiger partial charge >= 0.3 is 0 Å². The van der Waals surface area contributed by atoms with Crippen LogP contribution < -0.4 is 10.6 Å². The Morgan fingerprint density at radius 1 is 1.40 bits per heavy atom. The predicted molar refractivity (Wildman–Crippen MR) is 96.0 cm³/mol. The average molecular weight is 346 g/mol. The molecule has 3 rings (SSSR count). The van der Waals surface area contributed by atoms with Gasteiger partial charge in [-0.05, 0) is 19.8 Å². The van der Waals surface area contributed by atoms with Gasteiger partial charge in [-0.3, -0.25) is 10.2 Å². The largest absolute Gasteiger partial charge is 0.375 e. The molecule has 136 valence electrons. The lowest BCUT2D eigenvalue weighted by atomic mass is 9.96. The average Bonchev–Trinajstić information content (AvgIpc) is 2.63. The molecule has 0 bridgehead atoms. The van der Waals surface area contributed by atoms with Gasteiger partial charge in [-0.2, -0.15) is 4.98 Å². The number of hydrogen-bond acceptors (Lipinski definition) is 6. The predicted octanol–water partition coefficient (Wildman–Crippen LogP) is 1.84. The molecule has 1 saturated carbocycles. The first-order valence-corrected chi connectivity index (χ1v) is 8.96. The molecule has 1 amide bonds. The quantitative estimate of drug-likeness (QED) is 0.427. The second kappa shape index (κ2) is 8.24. The molecule has 1 atom stereocenters. The van der Waals surface area contributed by atoms with Crippen LogP contribution in [0.15, 0.2) is 6.20 Å². The van der Waals surface area contributed by atoms with E-state index in [-0.39, 0.29) is 6.10 Å². The Balaban J connectivity index is 1.76. The number of nitrogens with one attached hydrogen (secondary N) is 3. The number of ether oxygens (including phenoxy) is 1. The van der Waals surface area contributed by atoms with Gasteiger partial charge < -0.3 is 20.3 Å². The Kier molecular flexibility index (Phi) is 5.80. The maximum Gasteiger partial charge on any atom is 0.224 e. The molecule has 2 heterocycles. The molecule has 3 N–H and O–H groups in total. The second-order valence-electron chi connectivity index (χ2n) is 6.67. The molecule has 1 aromatic rings. The topological polar surface area (TPSA) is 103 Å². The first-order chi connectivity index (χ1) is 12.2. The molecule has 1 unspecified atom stereocenters. The lowest BCUT2D eigenvalue weighted by Crippen LogP contribution is -2.44. The van der Waals surface area contributed by atoms with Gasteiger partial charge in [0, 0.05) is 25.3 Å². The van der Waals surface area contributed by atoms with E-state index in [1.807, 2.05) is 11.8 Å². The molecule has 8 heteroatoms. The van der Waals surface area contributed by atoms with Crippen molar-refractivity contribution in [2.24, 2.45) is 0 Å². The van der Waals surface area contributed by atoms with E-state index in [1.54, 1.807) is 6.20 Å². The number of carbonyl (C=O) groups is 1. The summed E-state index contributed by atoms with van der Waals surface area (Å²) in [6, 6.07) is 0.378. The maximum absolute atomic E-state index is 11.0. The van der Waals surface area contributed by atoms with Gasteiger partial charge in [0.05, 0.1) is 18.3 Å². The highest BCUT2D eigenvalue weighted by Gasteiger charge is 2.23. The number of amidine groups is 1. The Morgan fingerprint density at radius 2 is 2.20 bits per heavy atom. The first-order valence-electron chi connectivity index (χ1n) is 8.96. The molecule has 1 aliphatic carbocycles. The molecular weight excluding hydrogens is 320 g/mol. The zero-order valence-electron chi connectivity index (χ0n) is 14.6. The van der Waals surface area contributed by atoms with E-state index in [4.69, 9.17) is 10.1 Å².